The molecule has 0 bridgehead atoms. The number of aromatic nitrogens is 1. The molecule has 2 heterocycles. The molecule has 5 nitrogen and oxygen atoms in total. The molecule has 7 heteroatoms. The lowest BCUT2D eigenvalue weighted by atomic mass is 10.3. The van der Waals surface area contributed by atoms with Crippen molar-refractivity contribution in [3.8, 4) is 0 Å². The SMILES string of the molecule is O=S(=O)(CC1CCCO1)Nc1cc(Br)ccn1. The average Bonchev–Trinajstić information content (AvgIpc) is 2.68. The van der Waals surface area contributed by atoms with E-state index in [2.05, 4.69) is 25.6 Å². The van der Waals surface area contributed by atoms with Crippen molar-refractivity contribution in [1.82, 2.24) is 4.98 Å². The Balaban J connectivity index is 2.01. The van der Waals surface area contributed by atoms with E-state index < -0.39 is 10.0 Å². The molecular formula is C10H13BrN2O3S. The molecule has 1 aromatic heterocycles. The summed E-state index contributed by atoms with van der Waals surface area (Å²) in [6.45, 7) is 0.648. The van der Waals surface area contributed by atoms with Crippen LogP contribution in [0.3, 0.4) is 0 Å². The Morgan fingerprint density at radius 3 is 3.06 bits per heavy atom. The molecule has 1 atom stereocenters. The first-order chi connectivity index (χ1) is 8.05. The van der Waals surface area contributed by atoms with Gasteiger partial charge < -0.3 is 4.74 Å². The predicted octanol–water partition coefficient (Wildman–Crippen LogP) is 1.76. The summed E-state index contributed by atoms with van der Waals surface area (Å²) < 4.78 is 32.2. The molecule has 1 aromatic rings. The highest BCUT2D eigenvalue weighted by atomic mass is 79.9. The van der Waals surface area contributed by atoms with E-state index in [4.69, 9.17) is 4.74 Å². The van der Waals surface area contributed by atoms with Crippen molar-refractivity contribution in [3.63, 3.8) is 0 Å². The van der Waals surface area contributed by atoms with E-state index in [0.29, 0.717) is 12.4 Å². The zero-order valence-electron chi connectivity index (χ0n) is 9.10. The molecule has 1 fully saturated rings. The molecule has 1 N–H and O–H groups in total. The summed E-state index contributed by atoms with van der Waals surface area (Å²) in [5.41, 5.74) is 0. The monoisotopic (exact) mass is 320 g/mol. The summed E-state index contributed by atoms with van der Waals surface area (Å²) in [5.74, 6) is 0.304. The summed E-state index contributed by atoms with van der Waals surface area (Å²) in [5, 5.41) is 0. The van der Waals surface area contributed by atoms with Gasteiger partial charge in [-0.1, -0.05) is 15.9 Å². The number of rotatable bonds is 4. The summed E-state index contributed by atoms with van der Waals surface area (Å²) in [6.07, 6.45) is 3.07. The number of pyridine rings is 1. The van der Waals surface area contributed by atoms with E-state index in [1.54, 1.807) is 12.1 Å². The first kappa shape index (κ1) is 12.8. The fourth-order valence-electron chi connectivity index (χ4n) is 1.68. The van der Waals surface area contributed by atoms with E-state index in [1.165, 1.54) is 6.20 Å². The molecule has 0 radical (unpaired) electrons. The van der Waals surface area contributed by atoms with Gasteiger partial charge in [-0.15, -0.1) is 0 Å². The number of anilines is 1. The Morgan fingerprint density at radius 2 is 2.41 bits per heavy atom. The van der Waals surface area contributed by atoms with Gasteiger partial charge in [0.05, 0.1) is 11.9 Å². The maximum absolute atomic E-state index is 11.8. The van der Waals surface area contributed by atoms with Crippen LogP contribution in [0.15, 0.2) is 22.8 Å². The molecule has 0 amide bonds. The van der Waals surface area contributed by atoms with Crippen molar-refractivity contribution < 1.29 is 13.2 Å². The molecule has 94 valence electrons. The van der Waals surface area contributed by atoms with Crippen LogP contribution in [0.2, 0.25) is 0 Å². The average molecular weight is 321 g/mol. The lowest BCUT2D eigenvalue weighted by molar-refractivity contribution is 0.127. The largest absolute Gasteiger partial charge is 0.377 e. The highest BCUT2D eigenvalue weighted by molar-refractivity contribution is 9.10. The zero-order valence-corrected chi connectivity index (χ0v) is 11.5. The minimum atomic E-state index is -3.39. The van der Waals surface area contributed by atoms with Crippen molar-refractivity contribution in [3.05, 3.63) is 22.8 Å². The normalized spacial score (nSPS) is 20.4. The van der Waals surface area contributed by atoms with Gasteiger partial charge in [0, 0.05) is 17.3 Å². The maximum Gasteiger partial charge on any atom is 0.236 e. The Labute approximate surface area is 109 Å². The van der Waals surface area contributed by atoms with Crippen LogP contribution in [0.5, 0.6) is 0 Å². The van der Waals surface area contributed by atoms with Crippen LogP contribution >= 0.6 is 15.9 Å². The molecule has 0 spiro atoms. The predicted molar refractivity (Wildman–Crippen MR) is 68.3 cm³/mol. The van der Waals surface area contributed by atoms with Gasteiger partial charge in [0.1, 0.15) is 5.82 Å². The topological polar surface area (TPSA) is 68.3 Å². The molecule has 17 heavy (non-hydrogen) atoms. The summed E-state index contributed by atoms with van der Waals surface area (Å²) >= 11 is 3.26. The third-order valence-electron chi connectivity index (χ3n) is 2.41. The van der Waals surface area contributed by atoms with Crippen LogP contribution < -0.4 is 4.72 Å². The molecule has 1 unspecified atom stereocenters. The fourth-order valence-corrected chi connectivity index (χ4v) is 3.28. The highest BCUT2D eigenvalue weighted by Crippen LogP contribution is 2.17. The molecule has 1 aliphatic heterocycles. The summed E-state index contributed by atoms with van der Waals surface area (Å²) in [6, 6.07) is 3.35. The van der Waals surface area contributed by atoms with Gasteiger partial charge in [0.15, 0.2) is 0 Å². The second-order valence-corrected chi connectivity index (χ2v) is 6.56. The van der Waals surface area contributed by atoms with Crippen molar-refractivity contribution in [1.29, 1.82) is 0 Å². The van der Waals surface area contributed by atoms with E-state index in [-0.39, 0.29) is 11.9 Å². The Kier molecular flexibility index (Phi) is 4.01. The van der Waals surface area contributed by atoms with Crippen molar-refractivity contribution in [2.45, 2.75) is 18.9 Å². The van der Waals surface area contributed by atoms with Gasteiger partial charge in [-0.2, -0.15) is 0 Å². The number of sulfonamides is 1. The van der Waals surface area contributed by atoms with E-state index in [1.807, 2.05) is 0 Å². The quantitative estimate of drug-likeness (QED) is 0.918. The fraction of sp³-hybridized carbons (Fsp3) is 0.500. The third kappa shape index (κ3) is 3.93. The van der Waals surface area contributed by atoms with E-state index >= 15 is 0 Å². The van der Waals surface area contributed by atoms with Crippen molar-refractivity contribution >= 4 is 31.8 Å². The third-order valence-corrected chi connectivity index (χ3v) is 4.24. The zero-order chi connectivity index (χ0) is 12.3. The first-order valence-corrected chi connectivity index (χ1v) is 7.73. The standard InChI is InChI=1S/C10H13BrN2O3S/c11-8-3-4-12-10(6-8)13-17(14,15)7-9-2-1-5-16-9/h3-4,6,9H,1-2,5,7H2,(H,12,13). The minimum absolute atomic E-state index is 0.0127. The summed E-state index contributed by atoms with van der Waals surface area (Å²) in [4.78, 5) is 3.94. The molecular weight excluding hydrogens is 308 g/mol. The molecule has 2 rings (SSSR count). The Morgan fingerprint density at radius 1 is 1.59 bits per heavy atom. The first-order valence-electron chi connectivity index (χ1n) is 5.29. The lowest BCUT2D eigenvalue weighted by Gasteiger charge is -2.11. The van der Waals surface area contributed by atoms with Crippen molar-refractivity contribution in [2.24, 2.45) is 0 Å². The summed E-state index contributed by atoms with van der Waals surface area (Å²) in [7, 11) is -3.39. The van der Waals surface area contributed by atoms with Crippen LogP contribution in [0, 0.1) is 0 Å². The molecule has 0 aliphatic carbocycles. The smallest absolute Gasteiger partial charge is 0.236 e. The molecule has 1 saturated heterocycles. The molecule has 0 aromatic carbocycles. The number of hydrogen-bond donors (Lipinski definition) is 1. The van der Waals surface area contributed by atoms with Gasteiger partial charge in [-0.3, -0.25) is 4.72 Å². The van der Waals surface area contributed by atoms with E-state index in [9.17, 15) is 8.42 Å². The van der Waals surface area contributed by atoms with Gasteiger partial charge in [-0.25, -0.2) is 13.4 Å². The second kappa shape index (κ2) is 5.32. The van der Waals surface area contributed by atoms with E-state index in [0.717, 1.165) is 17.3 Å². The number of nitrogens with zero attached hydrogens (tertiary/aromatic N) is 1. The number of halogens is 1. The van der Waals surface area contributed by atoms with Crippen LogP contribution in [0.1, 0.15) is 12.8 Å². The maximum atomic E-state index is 11.8. The molecule has 0 saturated carbocycles. The minimum Gasteiger partial charge on any atom is -0.377 e. The van der Waals surface area contributed by atoms with Crippen LogP contribution in [-0.2, 0) is 14.8 Å². The van der Waals surface area contributed by atoms with Gasteiger partial charge in [0.2, 0.25) is 10.0 Å². The van der Waals surface area contributed by atoms with Crippen LogP contribution in [0.25, 0.3) is 0 Å². The highest BCUT2D eigenvalue weighted by Gasteiger charge is 2.23. The second-order valence-electron chi connectivity index (χ2n) is 3.88. The van der Waals surface area contributed by atoms with Gasteiger partial charge >= 0.3 is 0 Å². The number of ether oxygens (including phenoxy) is 1. The lowest BCUT2D eigenvalue weighted by Crippen LogP contribution is -2.26. The van der Waals surface area contributed by atoms with Crippen LogP contribution in [-0.4, -0.2) is 31.9 Å². The number of nitrogens with one attached hydrogen (secondary N) is 1. The van der Waals surface area contributed by atoms with Gasteiger partial charge in [-0.05, 0) is 25.0 Å². The Hall–Kier alpha value is -0.660. The number of hydrogen-bond acceptors (Lipinski definition) is 4. The van der Waals surface area contributed by atoms with Gasteiger partial charge in [0.25, 0.3) is 0 Å². The Bertz CT molecular complexity index is 486. The van der Waals surface area contributed by atoms with Crippen LogP contribution in [0.4, 0.5) is 5.82 Å². The van der Waals surface area contributed by atoms with Crippen molar-refractivity contribution in [2.75, 3.05) is 17.1 Å². The molecule has 1 aliphatic rings.